The van der Waals surface area contributed by atoms with E-state index in [1.807, 2.05) is 123 Å². The van der Waals surface area contributed by atoms with E-state index >= 15 is 0 Å². The van der Waals surface area contributed by atoms with E-state index in [9.17, 15) is 0 Å². The molecule has 0 spiro atoms. The first kappa shape index (κ1) is 38.6. The minimum atomic E-state index is -0.863. The molecule has 0 aliphatic heterocycles. The Morgan fingerprint density at radius 1 is 0.585 bits per heavy atom. The summed E-state index contributed by atoms with van der Waals surface area (Å²) in [5, 5.41) is 0. The van der Waals surface area contributed by atoms with E-state index in [0.717, 1.165) is 33.7 Å². The number of hydrogen-bond acceptors (Lipinski definition) is 0. The molecule has 0 bridgehead atoms. The van der Waals surface area contributed by atoms with Gasteiger partial charge in [0.05, 0.1) is 0 Å². The van der Waals surface area contributed by atoms with Crippen LogP contribution in [0.4, 0.5) is 0 Å². The van der Waals surface area contributed by atoms with Gasteiger partial charge in [-0.15, -0.1) is 0 Å². The summed E-state index contributed by atoms with van der Waals surface area (Å²) in [4.78, 5) is 0. The minimum Gasteiger partial charge on any atom is -0.0312 e. The zero-order valence-corrected chi connectivity index (χ0v) is 27.6. The molecule has 0 aromatic heterocycles. The molecule has 1 fully saturated rings. The average molecular weight is 646 g/mol. The van der Waals surface area contributed by atoms with Gasteiger partial charge in [0.1, 0.15) is 5.41 Å². The molecule has 1 nitrogen and oxygen atoms in total. The van der Waals surface area contributed by atoms with Crippen molar-refractivity contribution in [3.05, 3.63) is 153 Å². The topological polar surface area (TPSA) is 19.9 Å². The molecule has 0 saturated heterocycles. The summed E-state index contributed by atoms with van der Waals surface area (Å²) >= 11 is 0. The van der Waals surface area contributed by atoms with Crippen LogP contribution in [0.2, 0.25) is 0 Å². The molecule has 0 atom stereocenters. The summed E-state index contributed by atoms with van der Waals surface area (Å²) in [5.74, 6) is 9.18. The van der Waals surface area contributed by atoms with Crippen molar-refractivity contribution in [1.29, 1.82) is 0 Å². The zero-order valence-electron chi connectivity index (χ0n) is 25.0. The van der Waals surface area contributed by atoms with Gasteiger partial charge in [0.15, 0.2) is 0 Å². The standard InChI is InChI=1S/C23H15.C9H21P.C5H5.CO.Ru/c1-2-23(21-14-8-4-9-15-21,22-16-10-5-11-17-22)19-18-20-12-6-3-7-13-20;1-7(2)10(8(3)4)9(5)6;1-2-4-5-3-1;1-2;/h3-17H;7-9H,1-6H3;1-5H;;/q-1;;;;+2. The van der Waals surface area contributed by atoms with E-state index in [-0.39, 0.29) is 27.4 Å². The maximum atomic E-state index is 8.00. The predicted octanol–water partition coefficient (Wildman–Crippen LogP) is 9.29. The Morgan fingerprint density at radius 3 is 1.17 bits per heavy atom. The van der Waals surface area contributed by atoms with Crippen molar-refractivity contribution in [2.24, 2.45) is 0 Å². The first-order chi connectivity index (χ1) is 19.3. The maximum absolute atomic E-state index is 8.00. The van der Waals surface area contributed by atoms with Gasteiger partial charge in [-0.3, -0.25) is 0 Å². The quantitative estimate of drug-likeness (QED) is 0.0867. The fourth-order valence-corrected chi connectivity index (χ4v) is 8.24. The molecule has 4 rings (SSSR count). The Balaban J connectivity index is 0.000000737. The van der Waals surface area contributed by atoms with Crippen molar-refractivity contribution < 1.29 is 24.1 Å². The third kappa shape index (κ3) is 13.4. The van der Waals surface area contributed by atoms with Crippen LogP contribution in [0, 0.1) is 62.9 Å². The molecule has 1 saturated carbocycles. The van der Waals surface area contributed by atoms with Gasteiger partial charge in [-0.1, -0.05) is 140 Å². The maximum Gasteiger partial charge on any atom is 2.00 e. The molecule has 211 valence electrons. The van der Waals surface area contributed by atoms with Crippen LogP contribution in [-0.2, 0) is 29.5 Å². The van der Waals surface area contributed by atoms with Crippen molar-refractivity contribution in [3.8, 4) is 17.8 Å². The first-order valence-electron chi connectivity index (χ1n) is 13.6. The van der Waals surface area contributed by atoms with Gasteiger partial charge in [-0.05, 0) is 72.3 Å². The Morgan fingerprint density at radius 2 is 0.902 bits per heavy atom. The van der Waals surface area contributed by atoms with Gasteiger partial charge in [-0.25, -0.2) is 0 Å². The van der Waals surface area contributed by atoms with Gasteiger partial charge in [0, 0.05) is 5.56 Å². The second-order valence-electron chi connectivity index (χ2n) is 9.91. The molecule has 0 N–H and O–H groups in total. The Hall–Kier alpha value is -2.43. The summed E-state index contributed by atoms with van der Waals surface area (Å²) in [5.41, 5.74) is 4.66. The van der Waals surface area contributed by atoms with Crippen LogP contribution in [0.5, 0.6) is 0 Å². The molecular formula is C38H41OPRu+. The third-order valence-corrected chi connectivity index (χ3v) is 9.69. The largest absolute Gasteiger partial charge is 2.00 e. The molecule has 3 aromatic carbocycles. The molecule has 5 radical (unpaired) electrons. The van der Waals surface area contributed by atoms with Gasteiger partial charge < -0.3 is 12.3 Å². The smallest absolute Gasteiger partial charge is 0.0312 e. The fraction of sp³-hybridized carbons (Fsp3) is 0.263. The van der Waals surface area contributed by atoms with E-state index in [0.29, 0.717) is 0 Å². The van der Waals surface area contributed by atoms with Crippen molar-refractivity contribution in [1.82, 2.24) is 0 Å². The molecule has 0 amide bonds. The van der Waals surface area contributed by atoms with E-state index in [1.54, 1.807) is 0 Å². The van der Waals surface area contributed by atoms with Crippen LogP contribution in [0.15, 0.2) is 91.0 Å². The minimum absolute atomic E-state index is 0. The Bertz CT molecular complexity index is 1110. The summed E-state index contributed by atoms with van der Waals surface area (Å²) in [6.45, 7) is 18.6. The van der Waals surface area contributed by atoms with Crippen LogP contribution in [0.3, 0.4) is 0 Å². The van der Waals surface area contributed by atoms with E-state index in [1.165, 1.54) is 0 Å². The summed E-state index contributed by atoms with van der Waals surface area (Å²) in [6.07, 6.45) is 18.0. The molecular weight excluding hydrogens is 604 g/mol. The SMILES string of the molecule is CC(C)P(C(C)C)C(C)C.[C-]#CC(C#Cc1ccccc1)(c1ccccc1)c1ccccc1.[C-]#[O+].[CH]1[CH][CH][CH][CH]1.[Ru+2]. The summed E-state index contributed by atoms with van der Waals surface area (Å²) < 4.78 is 7.50. The summed E-state index contributed by atoms with van der Waals surface area (Å²) in [6, 6.07) is 29.6. The normalized spacial score (nSPS) is 11.8. The van der Waals surface area contributed by atoms with Crippen molar-refractivity contribution in [3.63, 3.8) is 0 Å². The summed E-state index contributed by atoms with van der Waals surface area (Å²) in [7, 11) is 0.262. The van der Waals surface area contributed by atoms with Gasteiger partial charge >= 0.3 is 30.8 Å². The second-order valence-corrected chi connectivity index (χ2v) is 13.9. The van der Waals surface area contributed by atoms with Crippen LogP contribution in [-0.4, -0.2) is 17.0 Å². The van der Waals surface area contributed by atoms with Crippen LogP contribution in [0.1, 0.15) is 58.2 Å². The monoisotopic (exact) mass is 646 g/mol. The van der Waals surface area contributed by atoms with Crippen LogP contribution < -0.4 is 0 Å². The molecule has 1 aliphatic rings. The number of hydrogen-bond donors (Lipinski definition) is 0. The Labute approximate surface area is 265 Å². The first-order valence-corrected chi connectivity index (χ1v) is 15.1. The molecule has 0 unspecified atom stereocenters. The Kier molecular flexibility index (Phi) is 20.9. The second kappa shape index (κ2) is 22.2. The van der Waals surface area contributed by atoms with Crippen LogP contribution in [0.25, 0.3) is 0 Å². The third-order valence-electron chi connectivity index (χ3n) is 6.11. The number of rotatable bonds is 5. The van der Waals surface area contributed by atoms with E-state index < -0.39 is 5.41 Å². The predicted molar refractivity (Wildman–Crippen MR) is 172 cm³/mol. The van der Waals surface area contributed by atoms with Gasteiger partial charge in [-0.2, -0.15) is 0 Å². The van der Waals surface area contributed by atoms with Crippen LogP contribution >= 0.6 is 7.92 Å². The molecule has 1 aliphatic carbocycles. The van der Waals surface area contributed by atoms with Gasteiger partial charge in [0.25, 0.3) is 0 Å². The van der Waals surface area contributed by atoms with Gasteiger partial charge in [0.2, 0.25) is 0 Å². The molecule has 3 aromatic rings. The molecule has 3 heteroatoms. The van der Waals surface area contributed by atoms with Crippen molar-refractivity contribution in [2.75, 3.05) is 0 Å². The van der Waals surface area contributed by atoms with Crippen molar-refractivity contribution in [2.45, 2.75) is 63.9 Å². The average Bonchev–Trinajstić information content (AvgIpc) is 3.57. The fourth-order valence-electron chi connectivity index (χ4n) is 4.66. The molecule has 0 heterocycles. The van der Waals surface area contributed by atoms with E-state index in [4.69, 9.17) is 11.1 Å². The zero-order chi connectivity index (χ0) is 29.8. The van der Waals surface area contributed by atoms with Crippen molar-refractivity contribution >= 4 is 7.92 Å². The molecule has 41 heavy (non-hydrogen) atoms. The van der Waals surface area contributed by atoms with E-state index in [2.05, 4.69) is 66.0 Å². The number of benzene rings is 3.